The topological polar surface area (TPSA) is 111 Å². The van der Waals surface area contributed by atoms with Gasteiger partial charge in [-0.25, -0.2) is 9.59 Å². The highest BCUT2D eigenvalue weighted by Crippen LogP contribution is 2.42. The molecule has 3 fully saturated rings. The van der Waals surface area contributed by atoms with Crippen LogP contribution in [0, 0.1) is 0 Å². The molecule has 39 heavy (non-hydrogen) atoms. The fourth-order valence-corrected chi connectivity index (χ4v) is 4.98. The lowest BCUT2D eigenvalue weighted by molar-refractivity contribution is -0.235. The van der Waals surface area contributed by atoms with Gasteiger partial charge in [0.1, 0.15) is 24.9 Å². The third kappa shape index (κ3) is 6.77. The SMILES string of the molecule is CC1(C)O[C@@H]2O[C@@H]([C@@H]3COC(C)(C)O3)[C@H](OC(=O)[C@@H](Cc3ccccc3)NC(=O)OCc3ccccc3)[C@@H]2O1. The van der Waals surface area contributed by atoms with Crippen molar-refractivity contribution >= 4 is 12.1 Å². The van der Waals surface area contributed by atoms with Gasteiger partial charge in [-0.1, -0.05) is 60.7 Å². The Labute approximate surface area is 227 Å². The summed E-state index contributed by atoms with van der Waals surface area (Å²) in [5, 5.41) is 2.68. The maximum Gasteiger partial charge on any atom is 0.408 e. The second-order valence-corrected chi connectivity index (χ2v) is 10.8. The van der Waals surface area contributed by atoms with E-state index >= 15 is 0 Å². The van der Waals surface area contributed by atoms with Crippen LogP contribution in [-0.2, 0) is 51.0 Å². The van der Waals surface area contributed by atoms with Gasteiger partial charge in [-0.05, 0) is 38.8 Å². The number of rotatable bonds is 8. The molecule has 210 valence electrons. The third-order valence-corrected chi connectivity index (χ3v) is 6.75. The minimum absolute atomic E-state index is 0.0666. The third-order valence-electron chi connectivity index (χ3n) is 6.75. The van der Waals surface area contributed by atoms with Crippen LogP contribution in [0.25, 0.3) is 0 Å². The van der Waals surface area contributed by atoms with Gasteiger partial charge < -0.3 is 38.5 Å². The second kappa shape index (κ2) is 11.2. The Morgan fingerprint density at radius 3 is 2.21 bits per heavy atom. The van der Waals surface area contributed by atoms with Crippen molar-refractivity contribution in [3.05, 3.63) is 71.8 Å². The van der Waals surface area contributed by atoms with E-state index in [9.17, 15) is 9.59 Å². The van der Waals surface area contributed by atoms with Crippen LogP contribution < -0.4 is 5.32 Å². The Hall–Kier alpha value is -3.02. The summed E-state index contributed by atoms with van der Waals surface area (Å²) in [6.07, 6.45) is -4.00. The minimum Gasteiger partial charge on any atom is -0.455 e. The summed E-state index contributed by atoms with van der Waals surface area (Å²) < 4.78 is 41.3. The molecule has 2 aromatic rings. The number of esters is 1. The van der Waals surface area contributed by atoms with Crippen LogP contribution in [0.2, 0.25) is 0 Å². The summed E-state index contributed by atoms with van der Waals surface area (Å²) in [4.78, 5) is 26.4. The Morgan fingerprint density at radius 1 is 0.897 bits per heavy atom. The molecule has 3 heterocycles. The predicted molar refractivity (Wildman–Crippen MR) is 137 cm³/mol. The van der Waals surface area contributed by atoms with Crippen molar-refractivity contribution in [3.8, 4) is 0 Å². The molecule has 0 spiro atoms. The van der Waals surface area contributed by atoms with Crippen molar-refractivity contribution in [2.75, 3.05) is 6.61 Å². The van der Waals surface area contributed by atoms with Gasteiger partial charge in [0.25, 0.3) is 0 Å². The normalized spacial score (nSPS) is 29.4. The molecule has 1 N–H and O–H groups in total. The van der Waals surface area contributed by atoms with Gasteiger partial charge in [0, 0.05) is 6.42 Å². The number of ether oxygens (including phenoxy) is 7. The lowest BCUT2D eigenvalue weighted by Gasteiger charge is -2.30. The molecule has 3 saturated heterocycles. The van der Waals surface area contributed by atoms with Crippen LogP contribution >= 0.6 is 0 Å². The van der Waals surface area contributed by atoms with Crippen LogP contribution in [0.15, 0.2) is 60.7 Å². The van der Waals surface area contributed by atoms with Gasteiger partial charge in [0.15, 0.2) is 30.1 Å². The number of benzene rings is 2. The molecule has 5 rings (SSSR count). The molecule has 0 bridgehead atoms. The van der Waals surface area contributed by atoms with E-state index in [4.69, 9.17) is 33.2 Å². The van der Waals surface area contributed by atoms with Gasteiger partial charge in [0.2, 0.25) is 0 Å². The van der Waals surface area contributed by atoms with Crippen molar-refractivity contribution < 1.29 is 42.7 Å². The highest BCUT2D eigenvalue weighted by molar-refractivity contribution is 5.82. The lowest BCUT2D eigenvalue weighted by Crippen LogP contribution is -2.50. The predicted octanol–water partition coefficient (Wildman–Crippen LogP) is 3.46. The number of alkyl carbamates (subject to hydrolysis) is 1. The fourth-order valence-electron chi connectivity index (χ4n) is 4.98. The molecule has 3 aliphatic heterocycles. The first kappa shape index (κ1) is 27.5. The molecule has 0 aromatic heterocycles. The molecular weight excluding hydrogens is 506 g/mol. The quantitative estimate of drug-likeness (QED) is 0.502. The first-order valence-corrected chi connectivity index (χ1v) is 13.1. The molecule has 10 nitrogen and oxygen atoms in total. The Balaban J connectivity index is 1.31. The van der Waals surface area contributed by atoms with E-state index in [0.717, 1.165) is 11.1 Å². The zero-order valence-corrected chi connectivity index (χ0v) is 22.5. The number of carbonyl (C=O) groups excluding carboxylic acids is 2. The van der Waals surface area contributed by atoms with Crippen molar-refractivity contribution in [2.24, 2.45) is 0 Å². The summed E-state index contributed by atoms with van der Waals surface area (Å²) in [5.41, 5.74) is 1.67. The molecular formula is C29H35NO9. The van der Waals surface area contributed by atoms with E-state index in [1.807, 2.05) is 60.7 Å². The average Bonchev–Trinajstić information content (AvgIpc) is 3.52. The summed E-state index contributed by atoms with van der Waals surface area (Å²) in [7, 11) is 0. The molecule has 0 radical (unpaired) electrons. The van der Waals surface area contributed by atoms with Crippen molar-refractivity contribution in [2.45, 2.75) is 89.0 Å². The highest BCUT2D eigenvalue weighted by atomic mass is 16.8. The first-order chi connectivity index (χ1) is 18.6. The Kier molecular flexibility index (Phi) is 7.93. The van der Waals surface area contributed by atoms with E-state index in [-0.39, 0.29) is 19.6 Å². The van der Waals surface area contributed by atoms with Crippen molar-refractivity contribution in [1.29, 1.82) is 0 Å². The van der Waals surface area contributed by atoms with Crippen LogP contribution in [0.3, 0.4) is 0 Å². The fraction of sp³-hybridized carbons (Fsp3) is 0.517. The molecule has 3 aliphatic rings. The van der Waals surface area contributed by atoms with Gasteiger partial charge >= 0.3 is 12.1 Å². The van der Waals surface area contributed by atoms with Crippen LogP contribution in [-0.4, -0.2) is 67.0 Å². The Morgan fingerprint density at radius 2 is 1.56 bits per heavy atom. The van der Waals surface area contributed by atoms with Crippen molar-refractivity contribution in [1.82, 2.24) is 5.32 Å². The molecule has 0 saturated carbocycles. The molecule has 0 unspecified atom stereocenters. The second-order valence-electron chi connectivity index (χ2n) is 10.8. The standard InChI is InChI=1S/C29H35NO9/c1-28(2)34-17-21(37-28)22-23(24-26(36-22)39-29(3,4)38-24)35-25(31)20(15-18-11-7-5-8-12-18)30-27(32)33-16-19-13-9-6-10-14-19/h5-14,20-24,26H,15-17H2,1-4H3,(H,30,32)/t20-,21+,22+,23+,24+,26+/m1/s1. The zero-order valence-electron chi connectivity index (χ0n) is 22.5. The zero-order chi connectivity index (χ0) is 27.6. The molecule has 2 aromatic carbocycles. The number of nitrogens with one attached hydrogen (secondary N) is 1. The number of carbonyl (C=O) groups is 2. The van der Waals surface area contributed by atoms with Gasteiger partial charge in [0.05, 0.1) is 6.61 Å². The minimum atomic E-state index is -1.03. The smallest absolute Gasteiger partial charge is 0.408 e. The number of hydrogen-bond acceptors (Lipinski definition) is 9. The molecule has 6 atom stereocenters. The van der Waals surface area contributed by atoms with E-state index in [0.29, 0.717) is 0 Å². The number of amides is 1. The summed E-state index contributed by atoms with van der Waals surface area (Å²) in [6.45, 7) is 7.47. The molecule has 0 aliphatic carbocycles. The summed E-state index contributed by atoms with van der Waals surface area (Å²) >= 11 is 0. The maximum absolute atomic E-state index is 13.6. The van der Waals surface area contributed by atoms with Gasteiger partial charge in [-0.3, -0.25) is 0 Å². The van der Waals surface area contributed by atoms with Gasteiger partial charge in [-0.15, -0.1) is 0 Å². The average molecular weight is 542 g/mol. The van der Waals surface area contributed by atoms with Crippen LogP contribution in [0.1, 0.15) is 38.8 Å². The lowest BCUT2D eigenvalue weighted by atomic mass is 10.0. The number of fused-ring (bicyclic) bond motifs is 1. The van der Waals surface area contributed by atoms with E-state index < -0.39 is 60.4 Å². The summed E-state index contributed by atoms with van der Waals surface area (Å²) in [6, 6.07) is 17.6. The summed E-state index contributed by atoms with van der Waals surface area (Å²) in [5.74, 6) is -2.37. The number of hydrogen-bond donors (Lipinski definition) is 1. The van der Waals surface area contributed by atoms with Gasteiger partial charge in [-0.2, -0.15) is 0 Å². The van der Waals surface area contributed by atoms with E-state index in [1.54, 1.807) is 27.7 Å². The van der Waals surface area contributed by atoms with Crippen LogP contribution in [0.4, 0.5) is 4.79 Å². The Bertz CT molecular complexity index is 1140. The molecule has 10 heteroatoms. The first-order valence-electron chi connectivity index (χ1n) is 13.1. The van der Waals surface area contributed by atoms with Crippen LogP contribution in [0.5, 0.6) is 0 Å². The van der Waals surface area contributed by atoms with E-state index in [1.165, 1.54) is 0 Å². The maximum atomic E-state index is 13.6. The molecule has 1 amide bonds. The van der Waals surface area contributed by atoms with Crippen molar-refractivity contribution in [3.63, 3.8) is 0 Å². The largest absolute Gasteiger partial charge is 0.455 e. The monoisotopic (exact) mass is 541 g/mol. The highest BCUT2D eigenvalue weighted by Gasteiger charge is 2.60. The van der Waals surface area contributed by atoms with E-state index in [2.05, 4.69) is 5.32 Å².